The summed E-state index contributed by atoms with van der Waals surface area (Å²) in [5.41, 5.74) is 0.938. The maximum absolute atomic E-state index is 5.79. The molecule has 0 aliphatic rings. The van der Waals surface area contributed by atoms with Crippen LogP contribution in [0.2, 0.25) is 0 Å². The number of alkyl halides is 1. The van der Waals surface area contributed by atoms with Gasteiger partial charge in [-0.05, 0) is 25.5 Å². The average Bonchev–Trinajstić information content (AvgIpc) is 2.31. The summed E-state index contributed by atoms with van der Waals surface area (Å²) in [5, 5.41) is 0. The quantitative estimate of drug-likeness (QED) is 0.570. The van der Waals surface area contributed by atoms with Gasteiger partial charge in [0.15, 0.2) is 0 Å². The highest BCUT2D eigenvalue weighted by Gasteiger charge is 2.04. The van der Waals surface area contributed by atoms with Crippen LogP contribution in [-0.4, -0.2) is 12.0 Å². The van der Waals surface area contributed by atoms with Crippen molar-refractivity contribution >= 4 is 11.6 Å². The van der Waals surface area contributed by atoms with Gasteiger partial charge < -0.3 is 4.74 Å². The maximum atomic E-state index is 5.79. The molecule has 0 heterocycles. The minimum atomic E-state index is 0.218. The zero-order valence-electron chi connectivity index (χ0n) is 9.79. The molecule has 1 nitrogen and oxygen atoms in total. The van der Waals surface area contributed by atoms with E-state index >= 15 is 0 Å². The largest absolute Gasteiger partial charge is 0.489 e. The fourth-order valence-electron chi connectivity index (χ4n) is 1.18. The Kier molecular flexibility index (Phi) is 5.82. The van der Waals surface area contributed by atoms with Crippen molar-refractivity contribution in [3.05, 3.63) is 29.8 Å². The second kappa shape index (κ2) is 7.19. The predicted molar refractivity (Wildman–Crippen MR) is 69.0 cm³/mol. The minimum Gasteiger partial charge on any atom is -0.489 e. The van der Waals surface area contributed by atoms with E-state index < -0.39 is 0 Å². The lowest BCUT2D eigenvalue weighted by Crippen LogP contribution is -2.10. The van der Waals surface area contributed by atoms with Gasteiger partial charge in [-0.1, -0.05) is 30.9 Å². The number of halogens is 1. The predicted octanol–water partition coefficient (Wildman–Crippen LogP) is 3.84. The van der Waals surface area contributed by atoms with Crippen LogP contribution >= 0.6 is 11.6 Å². The fraction of sp³-hybridized carbons (Fsp3) is 0.429. The Morgan fingerprint density at radius 1 is 1.38 bits per heavy atom. The lowest BCUT2D eigenvalue weighted by molar-refractivity contribution is 0.217. The molecule has 0 saturated carbocycles. The number of benzene rings is 1. The maximum Gasteiger partial charge on any atom is 0.135 e. The van der Waals surface area contributed by atoms with E-state index in [2.05, 4.69) is 25.7 Å². The zero-order valence-corrected chi connectivity index (χ0v) is 10.6. The molecule has 1 rings (SSSR count). The second-order valence-corrected chi connectivity index (χ2v) is 3.95. The molecule has 0 fully saturated rings. The molecular weight excluding hydrogens is 220 g/mol. The molecule has 86 valence electrons. The molecule has 0 radical (unpaired) electrons. The first-order chi connectivity index (χ1) is 7.77. The molecule has 2 heteroatoms. The molecule has 1 unspecified atom stereocenters. The molecule has 0 aliphatic carbocycles. The van der Waals surface area contributed by atoms with Gasteiger partial charge in [-0.15, -0.1) is 11.6 Å². The van der Waals surface area contributed by atoms with E-state index in [-0.39, 0.29) is 6.10 Å². The number of hydrogen-bond acceptors (Lipinski definition) is 1. The smallest absolute Gasteiger partial charge is 0.135 e. The summed E-state index contributed by atoms with van der Waals surface area (Å²) in [6.45, 7) is 4.16. The number of para-hydroxylation sites is 1. The van der Waals surface area contributed by atoms with Crippen LogP contribution < -0.4 is 4.74 Å². The highest BCUT2D eigenvalue weighted by atomic mass is 35.5. The third kappa shape index (κ3) is 4.16. The second-order valence-electron chi connectivity index (χ2n) is 3.57. The van der Waals surface area contributed by atoms with E-state index in [1.54, 1.807) is 0 Å². The van der Waals surface area contributed by atoms with Crippen LogP contribution in [0.3, 0.4) is 0 Å². The van der Waals surface area contributed by atoms with Gasteiger partial charge in [0.25, 0.3) is 0 Å². The summed E-state index contributed by atoms with van der Waals surface area (Å²) in [6, 6.07) is 7.86. The van der Waals surface area contributed by atoms with Crippen molar-refractivity contribution < 1.29 is 4.74 Å². The van der Waals surface area contributed by atoms with Crippen LogP contribution in [-0.2, 0) is 0 Å². The molecular formula is C14H17ClO. The topological polar surface area (TPSA) is 9.23 Å². The van der Waals surface area contributed by atoms with Crippen LogP contribution in [0.5, 0.6) is 5.75 Å². The fourth-order valence-corrected chi connectivity index (χ4v) is 1.27. The molecule has 0 spiro atoms. The molecule has 1 atom stereocenters. The zero-order chi connectivity index (χ0) is 11.8. The van der Waals surface area contributed by atoms with E-state index in [9.17, 15) is 0 Å². The van der Waals surface area contributed by atoms with Crippen LogP contribution in [0.15, 0.2) is 24.3 Å². The first-order valence-corrected chi connectivity index (χ1v) is 6.12. The monoisotopic (exact) mass is 236 g/mol. The molecule has 16 heavy (non-hydrogen) atoms. The van der Waals surface area contributed by atoms with Crippen molar-refractivity contribution in [2.24, 2.45) is 0 Å². The lowest BCUT2D eigenvalue weighted by atomic mass is 10.2. The summed E-state index contributed by atoms with van der Waals surface area (Å²) in [7, 11) is 0. The Morgan fingerprint density at radius 2 is 2.12 bits per heavy atom. The summed E-state index contributed by atoms with van der Waals surface area (Å²) in [6.07, 6.45) is 1.92. The molecule has 0 saturated heterocycles. The highest BCUT2D eigenvalue weighted by molar-refractivity contribution is 6.18. The first kappa shape index (κ1) is 12.9. The number of ether oxygens (including phenoxy) is 1. The Hall–Kier alpha value is -1.13. The molecule has 1 aromatic carbocycles. The summed E-state index contributed by atoms with van der Waals surface area (Å²) >= 11 is 5.58. The lowest BCUT2D eigenvalue weighted by Gasteiger charge is -2.13. The SMILES string of the molecule is CCC(C)Oc1ccccc1C#CCCCl. The molecule has 0 N–H and O–H groups in total. The van der Waals surface area contributed by atoms with Crippen molar-refractivity contribution in [2.45, 2.75) is 32.8 Å². The van der Waals surface area contributed by atoms with E-state index in [1.807, 2.05) is 24.3 Å². The number of rotatable bonds is 4. The van der Waals surface area contributed by atoms with Crippen molar-refractivity contribution in [3.8, 4) is 17.6 Å². The van der Waals surface area contributed by atoms with Gasteiger partial charge in [0.1, 0.15) is 5.75 Å². The Morgan fingerprint density at radius 3 is 2.81 bits per heavy atom. The summed E-state index contributed by atoms with van der Waals surface area (Å²) in [4.78, 5) is 0. The third-order valence-electron chi connectivity index (χ3n) is 2.23. The molecule has 0 amide bonds. The van der Waals surface area contributed by atoms with Gasteiger partial charge in [0.2, 0.25) is 0 Å². The molecule has 0 aromatic heterocycles. The van der Waals surface area contributed by atoms with Crippen LogP contribution in [0.25, 0.3) is 0 Å². The van der Waals surface area contributed by atoms with E-state index in [1.165, 1.54) is 0 Å². The normalized spacial score (nSPS) is 11.4. The van der Waals surface area contributed by atoms with Crippen molar-refractivity contribution in [2.75, 3.05) is 5.88 Å². The summed E-state index contributed by atoms with van der Waals surface area (Å²) < 4.78 is 5.79. The number of hydrogen-bond donors (Lipinski definition) is 0. The third-order valence-corrected chi connectivity index (χ3v) is 2.42. The first-order valence-electron chi connectivity index (χ1n) is 5.58. The molecule has 0 bridgehead atoms. The molecule has 1 aromatic rings. The summed E-state index contributed by atoms with van der Waals surface area (Å²) in [5.74, 6) is 7.54. The van der Waals surface area contributed by atoms with E-state index in [0.29, 0.717) is 12.3 Å². The van der Waals surface area contributed by atoms with E-state index in [0.717, 1.165) is 17.7 Å². The molecule has 0 aliphatic heterocycles. The average molecular weight is 237 g/mol. The minimum absolute atomic E-state index is 0.218. The standard InChI is InChI=1S/C14H17ClO/c1-3-12(2)16-14-10-5-4-8-13(14)9-6-7-11-15/h4-5,8,10,12H,3,7,11H2,1-2H3. The van der Waals surface area contributed by atoms with Crippen molar-refractivity contribution in [1.82, 2.24) is 0 Å². The van der Waals surface area contributed by atoms with Gasteiger partial charge in [0, 0.05) is 12.3 Å². The van der Waals surface area contributed by atoms with Gasteiger partial charge >= 0.3 is 0 Å². The van der Waals surface area contributed by atoms with Crippen molar-refractivity contribution in [3.63, 3.8) is 0 Å². The van der Waals surface area contributed by atoms with E-state index in [4.69, 9.17) is 16.3 Å². The van der Waals surface area contributed by atoms with Gasteiger partial charge in [-0.25, -0.2) is 0 Å². The van der Waals surface area contributed by atoms with Gasteiger partial charge in [-0.2, -0.15) is 0 Å². The van der Waals surface area contributed by atoms with Crippen LogP contribution in [0.4, 0.5) is 0 Å². The Balaban J connectivity index is 2.80. The van der Waals surface area contributed by atoms with Crippen LogP contribution in [0, 0.1) is 11.8 Å². The van der Waals surface area contributed by atoms with Crippen molar-refractivity contribution in [1.29, 1.82) is 0 Å². The van der Waals surface area contributed by atoms with Crippen LogP contribution in [0.1, 0.15) is 32.3 Å². The Bertz CT molecular complexity index is 376. The highest BCUT2D eigenvalue weighted by Crippen LogP contribution is 2.18. The van der Waals surface area contributed by atoms with Gasteiger partial charge in [0.05, 0.1) is 11.7 Å². The van der Waals surface area contributed by atoms with Gasteiger partial charge in [-0.3, -0.25) is 0 Å². The Labute approximate surface area is 103 Å².